The zero-order chi connectivity index (χ0) is 15.1. The molecule has 1 heterocycles. The van der Waals surface area contributed by atoms with Gasteiger partial charge >= 0.3 is 0 Å². The lowest BCUT2D eigenvalue weighted by Crippen LogP contribution is -2.28. The first kappa shape index (κ1) is 15.5. The van der Waals surface area contributed by atoms with Gasteiger partial charge in [0.25, 0.3) is 0 Å². The lowest BCUT2D eigenvalue weighted by atomic mass is 10.3. The molecule has 6 nitrogen and oxygen atoms in total. The van der Waals surface area contributed by atoms with Crippen molar-refractivity contribution < 1.29 is 8.42 Å². The van der Waals surface area contributed by atoms with Crippen LogP contribution in [-0.2, 0) is 16.6 Å². The minimum absolute atomic E-state index is 0.282. The maximum absolute atomic E-state index is 12.4. The van der Waals surface area contributed by atoms with Crippen molar-refractivity contribution in [1.29, 1.82) is 0 Å². The lowest BCUT2D eigenvalue weighted by Gasteiger charge is -2.13. The Hall–Kier alpha value is -1.86. The first-order valence-corrected chi connectivity index (χ1v) is 8.40. The van der Waals surface area contributed by atoms with Gasteiger partial charge in [-0.25, -0.2) is 18.1 Å². The molecule has 0 aliphatic carbocycles. The molecule has 0 aliphatic heterocycles. The molecule has 0 amide bonds. The molecule has 0 unspecified atom stereocenters. The van der Waals surface area contributed by atoms with Crippen molar-refractivity contribution >= 4 is 15.7 Å². The van der Waals surface area contributed by atoms with E-state index in [9.17, 15) is 8.42 Å². The molecule has 2 aromatic rings. The number of rotatable bonds is 8. The number of para-hydroxylation sites is 1. The molecule has 0 bridgehead atoms. The van der Waals surface area contributed by atoms with Crippen LogP contribution >= 0.6 is 0 Å². The number of sulfonamides is 1. The Labute approximate surface area is 125 Å². The molecule has 21 heavy (non-hydrogen) atoms. The normalized spacial score (nSPS) is 11.5. The number of anilines is 1. The van der Waals surface area contributed by atoms with Crippen LogP contribution in [0.5, 0.6) is 0 Å². The average molecular weight is 308 g/mol. The van der Waals surface area contributed by atoms with Crippen molar-refractivity contribution in [2.24, 2.45) is 0 Å². The van der Waals surface area contributed by atoms with E-state index in [0.717, 1.165) is 13.0 Å². The highest BCUT2D eigenvalue weighted by Crippen LogP contribution is 2.20. The fourth-order valence-corrected chi connectivity index (χ4v) is 3.12. The van der Waals surface area contributed by atoms with Crippen molar-refractivity contribution in [3.63, 3.8) is 0 Å². The summed E-state index contributed by atoms with van der Waals surface area (Å²) in [6.07, 6.45) is 6.05. The molecule has 7 heteroatoms. The predicted molar refractivity (Wildman–Crippen MR) is 82.6 cm³/mol. The summed E-state index contributed by atoms with van der Waals surface area (Å²) in [5.41, 5.74) is 0.634. The van der Waals surface area contributed by atoms with E-state index < -0.39 is 10.0 Å². The molecular weight excluding hydrogens is 288 g/mol. The SMILES string of the molecule is CCCNc1ccccc1S(=O)(=O)NCCn1ccnc1. The Bertz CT molecular complexity index is 653. The summed E-state index contributed by atoms with van der Waals surface area (Å²) in [6.45, 7) is 3.64. The zero-order valence-electron chi connectivity index (χ0n) is 12.0. The summed E-state index contributed by atoms with van der Waals surface area (Å²) in [6, 6.07) is 6.93. The number of nitrogens with one attached hydrogen (secondary N) is 2. The Kier molecular flexibility index (Phi) is 5.35. The zero-order valence-corrected chi connectivity index (χ0v) is 12.8. The molecule has 0 fully saturated rings. The van der Waals surface area contributed by atoms with Gasteiger partial charge in [-0.15, -0.1) is 0 Å². The Morgan fingerprint density at radius 3 is 2.76 bits per heavy atom. The van der Waals surface area contributed by atoms with Crippen LogP contribution in [0.15, 0.2) is 47.9 Å². The molecular formula is C14H20N4O2S. The number of aromatic nitrogens is 2. The highest BCUT2D eigenvalue weighted by atomic mass is 32.2. The summed E-state index contributed by atoms with van der Waals surface area (Å²) in [4.78, 5) is 4.20. The summed E-state index contributed by atoms with van der Waals surface area (Å²) in [7, 11) is -3.52. The van der Waals surface area contributed by atoms with E-state index in [1.54, 1.807) is 36.9 Å². The molecule has 0 aliphatic rings. The summed E-state index contributed by atoms with van der Waals surface area (Å²) in [5, 5.41) is 3.14. The Morgan fingerprint density at radius 2 is 2.05 bits per heavy atom. The van der Waals surface area contributed by atoms with Gasteiger partial charge in [0.05, 0.1) is 12.0 Å². The van der Waals surface area contributed by atoms with Crippen LogP contribution in [0.2, 0.25) is 0 Å². The summed E-state index contributed by atoms with van der Waals surface area (Å²) < 4.78 is 29.2. The molecule has 0 saturated carbocycles. The molecule has 0 spiro atoms. The van der Waals surface area contributed by atoms with Gasteiger partial charge in [-0.1, -0.05) is 19.1 Å². The highest BCUT2D eigenvalue weighted by molar-refractivity contribution is 7.89. The van der Waals surface area contributed by atoms with Gasteiger partial charge in [0.2, 0.25) is 10.0 Å². The number of hydrogen-bond donors (Lipinski definition) is 2. The standard InChI is InChI=1S/C14H20N4O2S/c1-2-7-16-13-5-3-4-6-14(13)21(19,20)17-9-11-18-10-8-15-12-18/h3-6,8,10,12,16-17H,2,7,9,11H2,1H3. The number of hydrogen-bond acceptors (Lipinski definition) is 4. The van der Waals surface area contributed by atoms with E-state index in [1.807, 2.05) is 17.6 Å². The Morgan fingerprint density at radius 1 is 1.24 bits per heavy atom. The molecule has 2 N–H and O–H groups in total. The van der Waals surface area contributed by atoms with Crippen LogP contribution < -0.4 is 10.0 Å². The third-order valence-electron chi connectivity index (χ3n) is 2.96. The van der Waals surface area contributed by atoms with E-state index in [-0.39, 0.29) is 4.90 Å². The van der Waals surface area contributed by atoms with Gasteiger partial charge < -0.3 is 9.88 Å². The minimum Gasteiger partial charge on any atom is -0.384 e. The monoisotopic (exact) mass is 308 g/mol. The van der Waals surface area contributed by atoms with Gasteiger partial charge in [-0.3, -0.25) is 0 Å². The second kappa shape index (κ2) is 7.24. The lowest BCUT2D eigenvalue weighted by molar-refractivity contribution is 0.573. The smallest absolute Gasteiger partial charge is 0.242 e. The van der Waals surface area contributed by atoms with Crippen molar-refractivity contribution in [2.45, 2.75) is 24.8 Å². The number of benzene rings is 1. The van der Waals surface area contributed by atoms with E-state index >= 15 is 0 Å². The third kappa shape index (κ3) is 4.30. The van der Waals surface area contributed by atoms with Gasteiger partial charge in [0.15, 0.2) is 0 Å². The molecule has 1 aromatic heterocycles. The first-order chi connectivity index (χ1) is 10.1. The molecule has 0 radical (unpaired) electrons. The van der Waals surface area contributed by atoms with Crippen molar-refractivity contribution in [3.05, 3.63) is 43.0 Å². The second-order valence-electron chi connectivity index (χ2n) is 4.62. The van der Waals surface area contributed by atoms with Crippen molar-refractivity contribution in [2.75, 3.05) is 18.4 Å². The molecule has 2 rings (SSSR count). The summed E-state index contributed by atoms with van der Waals surface area (Å²) >= 11 is 0. The topological polar surface area (TPSA) is 76.0 Å². The van der Waals surface area contributed by atoms with Gasteiger partial charge in [0, 0.05) is 32.0 Å². The average Bonchev–Trinajstić information content (AvgIpc) is 2.98. The highest BCUT2D eigenvalue weighted by Gasteiger charge is 2.17. The van der Waals surface area contributed by atoms with Gasteiger partial charge in [0.1, 0.15) is 4.90 Å². The molecule has 0 atom stereocenters. The quantitative estimate of drug-likeness (QED) is 0.778. The Balaban J connectivity index is 2.04. The van der Waals surface area contributed by atoms with Crippen LogP contribution in [0.4, 0.5) is 5.69 Å². The predicted octanol–water partition coefficient (Wildman–Crippen LogP) is 1.68. The summed E-state index contributed by atoms with van der Waals surface area (Å²) in [5.74, 6) is 0. The van der Waals surface area contributed by atoms with Crippen molar-refractivity contribution in [1.82, 2.24) is 14.3 Å². The molecule has 0 saturated heterocycles. The number of nitrogens with zero attached hydrogens (tertiary/aromatic N) is 2. The van der Waals surface area contributed by atoms with Crippen LogP contribution in [-0.4, -0.2) is 31.1 Å². The van der Waals surface area contributed by atoms with E-state index in [1.165, 1.54) is 0 Å². The van der Waals surface area contributed by atoms with Crippen LogP contribution in [0, 0.1) is 0 Å². The maximum atomic E-state index is 12.4. The molecule has 114 valence electrons. The second-order valence-corrected chi connectivity index (χ2v) is 6.36. The number of imidazole rings is 1. The minimum atomic E-state index is -3.52. The van der Waals surface area contributed by atoms with Gasteiger partial charge in [-0.05, 0) is 18.6 Å². The van der Waals surface area contributed by atoms with Crippen LogP contribution in [0.3, 0.4) is 0 Å². The molecule has 1 aromatic carbocycles. The van der Waals surface area contributed by atoms with E-state index in [4.69, 9.17) is 0 Å². The fourth-order valence-electron chi connectivity index (χ4n) is 1.91. The largest absolute Gasteiger partial charge is 0.384 e. The fraction of sp³-hybridized carbons (Fsp3) is 0.357. The third-order valence-corrected chi connectivity index (χ3v) is 4.48. The van der Waals surface area contributed by atoms with Crippen LogP contribution in [0.1, 0.15) is 13.3 Å². The van der Waals surface area contributed by atoms with Crippen LogP contribution in [0.25, 0.3) is 0 Å². The van der Waals surface area contributed by atoms with Gasteiger partial charge in [-0.2, -0.15) is 0 Å². The van der Waals surface area contributed by atoms with E-state index in [0.29, 0.717) is 18.8 Å². The first-order valence-electron chi connectivity index (χ1n) is 6.92. The van der Waals surface area contributed by atoms with E-state index in [2.05, 4.69) is 15.0 Å². The maximum Gasteiger partial charge on any atom is 0.242 e. The van der Waals surface area contributed by atoms with Crippen molar-refractivity contribution in [3.8, 4) is 0 Å².